The first kappa shape index (κ1) is 18.7. The van der Waals surface area contributed by atoms with E-state index in [0.717, 1.165) is 0 Å². The van der Waals surface area contributed by atoms with Crippen LogP contribution in [-0.4, -0.2) is 27.6 Å². The van der Waals surface area contributed by atoms with E-state index in [2.05, 4.69) is 31.9 Å². The van der Waals surface area contributed by atoms with Crippen molar-refractivity contribution < 1.29 is 8.42 Å². The molecule has 0 saturated heterocycles. The monoisotopic (exact) mass is 458 g/mol. The highest BCUT2D eigenvalue weighted by molar-refractivity contribution is 9.10. The van der Waals surface area contributed by atoms with E-state index in [4.69, 9.17) is 0 Å². The van der Waals surface area contributed by atoms with Crippen molar-refractivity contribution in [3.8, 4) is 0 Å². The van der Waals surface area contributed by atoms with Gasteiger partial charge in [-0.05, 0) is 13.8 Å². The average molecular weight is 460 g/mol. The fraction of sp³-hybridized carbons (Fsp3) is 0.333. The standard InChI is InChI=1S/C18H20Br2O2S/c1-3-11-17(13-7-5-9-15(17)19)23(21,22)18(12-4-2)14-8-6-10-16(18)20/h3-16H,1-2H3. The summed E-state index contributed by atoms with van der Waals surface area (Å²) in [7, 11) is -3.67. The Balaban J connectivity index is 2.75. The van der Waals surface area contributed by atoms with Crippen LogP contribution in [0.3, 0.4) is 0 Å². The molecule has 2 aliphatic carbocycles. The average Bonchev–Trinajstić information content (AvgIpc) is 2.52. The molecular weight excluding hydrogens is 440 g/mol. The van der Waals surface area contributed by atoms with Crippen LogP contribution in [0, 0.1) is 0 Å². The summed E-state index contributed by atoms with van der Waals surface area (Å²) >= 11 is 7.12. The molecule has 4 unspecified atom stereocenters. The van der Waals surface area contributed by atoms with Crippen molar-refractivity contribution in [2.75, 3.05) is 0 Å². The zero-order chi connectivity index (χ0) is 17.1. The Hall–Kier alpha value is -0.650. The lowest BCUT2D eigenvalue weighted by Gasteiger charge is -2.42. The molecule has 0 aliphatic heterocycles. The van der Waals surface area contributed by atoms with E-state index in [1.54, 1.807) is 48.6 Å². The Morgan fingerprint density at radius 1 is 0.826 bits per heavy atom. The number of sulfone groups is 1. The minimum absolute atomic E-state index is 0.331. The van der Waals surface area contributed by atoms with E-state index in [0.29, 0.717) is 0 Å². The quantitative estimate of drug-likeness (QED) is 0.446. The minimum Gasteiger partial charge on any atom is -0.226 e. The number of allylic oxidation sites excluding steroid dienone is 8. The summed E-state index contributed by atoms with van der Waals surface area (Å²) in [6.45, 7) is 3.68. The number of hydrogen-bond acceptors (Lipinski definition) is 2. The molecule has 4 atom stereocenters. The van der Waals surface area contributed by atoms with E-state index >= 15 is 0 Å². The van der Waals surface area contributed by atoms with Gasteiger partial charge in [0.2, 0.25) is 0 Å². The smallest absolute Gasteiger partial charge is 0.178 e. The number of hydrogen-bond donors (Lipinski definition) is 0. The van der Waals surface area contributed by atoms with Crippen molar-refractivity contribution in [1.29, 1.82) is 0 Å². The van der Waals surface area contributed by atoms with Gasteiger partial charge in [-0.25, -0.2) is 8.42 Å². The fourth-order valence-electron chi connectivity index (χ4n) is 3.00. The highest BCUT2D eigenvalue weighted by Gasteiger charge is 2.57. The topological polar surface area (TPSA) is 34.1 Å². The summed E-state index contributed by atoms with van der Waals surface area (Å²) in [5.41, 5.74) is 0. The van der Waals surface area contributed by atoms with Gasteiger partial charge >= 0.3 is 0 Å². The molecule has 0 aromatic heterocycles. The molecule has 0 bridgehead atoms. The molecule has 0 aromatic carbocycles. The van der Waals surface area contributed by atoms with Gasteiger partial charge in [0.25, 0.3) is 0 Å². The SMILES string of the molecule is CC=CC1(S(=O)(=O)C2(C=CC)C=CC=CC2Br)C=CC=CC1Br. The first-order valence-electron chi connectivity index (χ1n) is 7.40. The summed E-state index contributed by atoms with van der Waals surface area (Å²) < 4.78 is 25.4. The van der Waals surface area contributed by atoms with Crippen LogP contribution in [0.25, 0.3) is 0 Å². The van der Waals surface area contributed by atoms with Gasteiger partial charge in [-0.2, -0.15) is 0 Å². The van der Waals surface area contributed by atoms with E-state index in [1.165, 1.54) is 0 Å². The highest BCUT2D eigenvalue weighted by Crippen LogP contribution is 2.46. The van der Waals surface area contributed by atoms with Crippen LogP contribution in [0.2, 0.25) is 0 Å². The zero-order valence-corrected chi connectivity index (χ0v) is 17.1. The largest absolute Gasteiger partial charge is 0.226 e. The van der Waals surface area contributed by atoms with Crippen LogP contribution >= 0.6 is 31.9 Å². The molecule has 0 radical (unpaired) electrons. The van der Waals surface area contributed by atoms with Gasteiger partial charge in [0, 0.05) is 0 Å². The predicted molar refractivity (Wildman–Crippen MR) is 106 cm³/mol. The van der Waals surface area contributed by atoms with E-state index < -0.39 is 19.3 Å². The summed E-state index contributed by atoms with van der Waals surface area (Å²) in [4.78, 5) is -0.662. The lowest BCUT2D eigenvalue weighted by Crippen LogP contribution is -2.56. The van der Waals surface area contributed by atoms with Crippen LogP contribution < -0.4 is 0 Å². The molecular formula is C18H20Br2O2S. The van der Waals surface area contributed by atoms with E-state index in [1.807, 2.05) is 38.2 Å². The molecule has 0 saturated carbocycles. The molecule has 0 aromatic rings. The summed E-state index contributed by atoms with van der Waals surface area (Å²) in [6.07, 6.45) is 21.7. The molecule has 2 rings (SSSR count). The molecule has 0 fully saturated rings. The third kappa shape index (κ3) is 2.81. The maximum absolute atomic E-state index is 13.9. The first-order valence-corrected chi connectivity index (χ1v) is 10.7. The molecule has 124 valence electrons. The third-order valence-electron chi connectivity index (χ3n) is 4.14. The van der Waals surface area contributed by atoms with Crippen molar-refractivity contribution in [1.82, 2.24) is 0 Å². The normalized spacial score (nSPS) is 37.2. The second-order valence-corrected chi connectivity index (χ2v) is 9.90. The van der Waals surface area contributed by atoms with Gasteiger partial charge in [0.05, 0.1) is 9.65 Å². The molecule has 0 N–H and O–H groups in total. The molecule has 5 heteroatoms. The van der Waals surface area contributed by atoms with Gasteiger partial charge in [-0.15, -0.1) is 0 Å². The molecule has 23 heavy (non-hydrogen) atoms. The maximum Gasteiger partial charge on any atom is 0.178 e. The maximum atomic E-state index is 13.9. The van der Waals surface area contributed by atoms with Crippen molar-refractivity contribution in [3.05, 3.63) is 72.9 Å². The number of halogens is 2. The van der Waals surface area contributed by atoms with Crippen LogP contribution in [0.5, 0.6) is 0 Å². The Bertz CT molecular complexity index is 672. The minimum atomic E-state index is -3.67. The van der Waals surface area contributed by atoms with Crippen LogP contribution in [0.4, 0.5) is 0 Å². The van der Waals surface area contributed by atoms with Gasteiger partial charge in [0.1, 0.15) is 9.49 Å². The second kappa shape index (κ2) is 7.08. The van der Waals surface area contributed by atoms with Crippen LogP contribution in [0.1, 0.15) is 13.8 Å². The first-order chi connectivity index (χ1) is 10.9. The molecule has 0 spiro atoms. The van der Waals surface area contributed by atoms with E-state index in [9.17, 15) is 8.42 Å². The van der Waals surface area contributed by atoms with Crippen molar-refractivity contribution >= 4 is 41.7 Å². The lowest BCUT2D eigenvalue weighted by molar-refractivity contribution is 0.555. The Morgan fingerprint density at radius 2 is 1.22 bits per heavy atom. The van der Waals surface area contributed by atoms with Gasteiger partial charge < -0.3 is 0 Å². The Morgan fingerprint density at radius 3 is 1.52 bits per heavy atom. The van der Waals surface area contributed by atoms with Crippen LogP contribution in [0.15, 0.2) is 72.9 Å². The molecule has 2 nitrogen and oxygen atoms in total. The van der Waals surface area contributed by atoms with E-state index in [-0.39, 0.29) is 9.65 Å². The second-order valence-electron chi connectivity index (χ2n) is 5.50. The Kier molecular flexibility index (Phi) is 5.75. The Labute approximate surface area is 155 Å². The van der Waals surface area contributed by atoms with Crippen molar-refractivity contribution in [2.24, 2.45) is 0 Å². The van der Waals surface area contributed by atoms with Gasteiger partial charge in [0.15, 0.2) is 9.84 Å². The summed E-state index contributed by atoms with van der Waals surface area (Å²) in [6, 6.07) is 0. The van der Waals surface area contributed by atoms with Gasteiger partial charge in [-0.3, -0.25) is 0 Å². The van der Waals surface area contributed by atoms with Crippen molar-refractivity contribution in [3.63, 3.8) is 0 Å². The molecule has 2 aliphatic rings. The van der Waals surface area contributed by atoms with Crippen molar-refractivity contribution in [2.45, 2.75) is 33.0 Å². The third-order valence-corrected chi connectivity index (χ3v) is 9.79. The summed E-state index contributed by atoms with van der Waals surface area (Å²) in [5, 5.41) is 0. The predicted octanol–water partition coefficient (Wildman–Crippen LogP) is 4.81. The molecule has 0 heterocycles. The fourth-order valence-corrected chi connectivity index (χ4v) is 7.94. The zero-order valence-electron chi connectivity index (χ0n) is 13.1. The summed E-state index contributed by atoms with van der Waals surface area (Å²) in [5.74, 6) is 0. The lowest BCUT2D eigenvalue weighted by atomic mass is 9.97. The number of alkyl halides is 2. The highest BCUT2D eigenvalue weighted by atomic mass is 79.9. The van der Waals surface area contributed by atoms with Gasteiger partial charge in [-0.1, -0.05) is 105 Å². The molecule has 0 amide bonds. The van der Waals surface area contributed by atoms with Crippen LogP contribution in [-0.2, 0) is 9.84 Å². The number of rotatable bonds is 4.